The smallest absolute Gasteiger partial charge is 0.298 e. The molecule has 1 fully saturated rings. The highest BCUT2D eigenvalue weighted by Gasteiger charge is 2.23. The SMILES string of the molecule is FCC1CCCN(c2nc3ccc(F)cc3o2)C1. The minimum absolute atomic E-state index is 0.0468. The van der Waals surface area contributed by atoms with Crippen LogP contribution in [0.4, 0.5) is 14.8 Å². The van der Waals surface area contributed by atoms with Gasteiger partial charge in [0.2, 0.25) is 0 Å². The van der Waals surface area contributed by atoms with E-state index in [1.54, 1.807) is 6.07 Å². The Kier molecular flexibility index (Phi) is 2.89. The minimum Gasteiger partial charge on any atom is -0.423 e. The van der Waals surface area contributed by atoms with Gasteiger partial charge in [-0.2, -0.15) is 4.98 Å². The number of nitrogens with zero attached hydrogens (tertiary/aromatic N) is 2. The monoisotopic (exact) mass is 252 g/mol. The average Bonchev–Trinajstić information content (AvgIpc) is 2.81. The van der Waals surface area contributed by atoms with Crippen LogP contribution in [0.1, 0.15) is 12.8 Å². The Morgan fingerprint density at radius 1 is 1.44 bits per heavy atom. The molecule has 3 nitrogen and oxygen atoms in total. The summed E-state index contributed by atoms with van der Waals surface area (Å²) in [6, 6.07) is 4.74. The number of benzene rings is 1. The summed E-state index contributed by atoms with van der Waals surface area (Å²) in [5, 5.41) is 0. The first-order valence-electron chi connectivity index (χ1n) is 6.13. The van der Waals surface area contributed by atoms with Crippen LogP contribution in [-0.4, -0.2) is 24.7 Å². The number of aromatic nitrogens is 1. The maximum atomic E-state index is 13.1. The van der Waals surface area contributed by atoms with E-state index in [4.69, 9.17) is 4.42 Å². The second-order valence-electron chi connectivity index (χ2n) is 4.72. The van der Waals surface area contributed by atoms with Gasteiger partial charge in [-0.3, -0.25) is 4.39 Å². The number of halogens is 2. The van der Waals surface area contributed by atoms with Gasteiger partial charge in [-0.1, -0.05) is 0 Å². The van der Waals surface area contributed by atoms with E-state index in [-0.39, 0.29) is 18.4 Å². The van der Waals surface area contributed by atoms with Gasteiger partial charge < -0.3 is 9.32 Å². The number of fused-ring (bicyclic) bond motifs is 1. The Hall–Kier alpha value is -1.65. The van der Waals surface area contributed by atoms with E-state index in [0.29, 0.717) is 23.7 Å². The molecule has 0 N–H and O–H groups in total. The van der Waals surface area contributed by atoms with E-state index in [1.807, 2.05) is 4.90 Å². The highest BCUT2D eigenvalue weighted by molar-refractivity contribution is 5.74. The van der Waals surface area contributed by atoms with Gasteiger partial charge in [-0.15, -0.1) is 0 Å². The highest BCUT2D eigenvalue weighted by Crippen LogP contribution is 2.26. The van der Waals surface area contributed by atoms with Crippen LogP contribution in [-0.2, 0) is 0 Å². The largest absolute Gasteiger partial charge is 0.423 e. The van der Waals surface area contributed by atoms with Crippen molar-refractivity contribution < 1.29 is 13.2 Å². The quantitative estimate of drug-likeness (QED) is 0.822. The van der Waals surface area contributed by atoms with Crippen LogP contribution in [0.3, 0.4) is 0 Å². The third kappa shape index (κ3) is 2.05. The lowest BCUT2D eigenvalue weighted by atomic mass is 10.00. The number of hydrogen-bond acceptors (Lipinski definition) is 3. The molecule has 0 bridgehead atoms. The topological polar surface area (TPSA) is 29.3 Å². The van der Waals surface area contributed by atoms with Gasteiger partial charge in [0.05, 0.1) is 6.67 Å². The maximum absolute atomic E-state index is 13.1. The fourth-order valence-corrected chi connectivity index (χ4v) is 2.39. The predicted molar refractivity (Wildman–Crippen MR) is 64.9 cm³/mol. The van der Waals surface area contributed by atoms with Gasteiger partial charge in [0.25, 0.3) is 6.01 Å². The molecule has 96 valence electrons. The van der Waals surface area contributed by atoms with Crippen LogP contribution in [0.25, 0.3) is 11.1 Å². The van der Waals surface area contributed by atoms with E-state index >= 15 is 0 Å². The van der Waals surface area contributed by atoms with E-state index in [9.17, 15) is 8.78 Å². The number of anilines is 1. The molecule has 1 unspecified atom stereocenters. The van der Waals surface area contributed by atoms with Crippen molar-refractivity contribution >= 4 is 17.1 Å². The average molecular weight is 252 g/mol. The molecule has 1 aliphatic heterocycles. The number of oxazole rings is 1. The van der Waals surface area contributed by atoms with Crippen molar-refractivity contribution in [1.29, 1.82) is 0 Å². The molecular weight excluding hydrogens is 238 g/mol. The van der Waals surface area contributed by atoms with Crippen molar-refractivity contribution in [2.24, 2.45) is 5.92 Å². The molecular formula is C13H14F2N2O. The number of piperidine rings is 1. The summed E-state index contributed by atoms with van der Waals surface area (Å²) >= 11 is 0. The first kappa shape index (κ1) is 11.4. The van der Waals surface area contributed by atoms with Crippen molar-refractivity contribution in [3.8, 4) is 0 Å². The van der Waals surface area contributed by atoms with E-state index in [0.717, 1.165) is 19.4 Å². The van der Waals surface area contributed by atoms with Gasteiger partial charge in [0.15, 0.2) is 5.58 Å². The Bertz CT molecular complexity index is 555. The Morgan fingerprint density at radius 2 is 2.33 bits per heavy atom. The fraction of sp³-hybridized carbons (Fsp3) is 0.462. The predicted octanol–water partition coefficient (Wildman–Crippen LogP) is 3.15. The Balaban J connectivity index is 1.89. The third-order valence-electron chi connectivity index (χ3n) is 3.35. The molecule has 1 aromatic heterocycles. The van der Waals surface area contributed by atoms with Gasteiger partial charge >= 0.3 is 0 Å². The molecule has 1 aromatic carbocycles. The molecule has 1 aliphatic rings. The van der Waals surface area contributed by atoms with Crippen molar-refractivity contribution in [1.82, 2.24) is 4.98 Å². The van der Waals surface area contributed by atoms with Crippen molar-refractivity contribution in [2.75, 3.05) is 24.7 Å². The standard InChI is InChI=1S/C13H14F2N2O/c14-7-9-2-1-5-17(8-9)13-16-11-4-3-10(15)6-12(11)18-13/h3-4,6,9H,1-2,5,7-8H2. The summed E-state index contributed by atoms with van der Waals surface area (Å²) in [5.74, 6) is -0.295. The second kappa shape index (κ2) is 4.55. The zero-order valence-electron chi connectivity index (χ0n) is 9.90. The molecule has 0 spiro atoms. The van der Waals surface area contributed by atoms with Crippen LogP contribution < -0.4 is 4.90 Å². The second-order valence-corrected chi connectivity index (χ2v) is 4.72. The van der Waals surface area contributed by atoms with Crippen LogP contribution >= 0.6 is 0 Å². The molecule has 1 atom stereocenters. The first-order chi connectivity index (χ1) is 8.76. The molecule has 18 heavy (non-hydrogen) atoms. The lowest BCUT2D eigenvalue weighted by molar-refractivity contribution is 0.309. The van der Waals surface area contributed by atoms with E-state index in [2.05, 4.69) is 4.98 Å². The fourth-order valence-electron chi connectivity index (χ4n) is 2.39. The zero-order chi connectivity index (χ0) is 12.5. The summed E-state index contributed by atoms with van der Waals surface area (Å²) in [7, 11) is 0. The van der Waals surface area contributed by atoms with Gasteiger partial charge in [0, 0.05) is 25.1 Å². The summed E-state index contributed by atoms with van der Waals surface area (Å²) in [6.45, 7) is 1.11. The maximum Gasteiger partial charge on any atom is 0.298 e. The third-order valence-corrected chi connectivity index (χ3v) is 3.35. The number of alkyl halides is 1. The molecule has 5 heteroatoms. The van der Waals surface area contributed by atoms with Crippen LogP contribution in [0.5, 0.6) is 0 Å². The van der Waals surface area contributed by atoms with Crippen LogP contribution in [0.2, 0.25) is 0 Å². The zero-order valence-corrected chi connectivity index (χ0v) is 9.90. The summed E-state index contributed by atoms with van der Waals surface area (Å²) in [4.78, 5) is 6.25. The molecule has 0 saturated carbocycles. The van der Waals surface area contributed by atoms with E-state index < -0.39 is 0 Å². The lowest BCUT2D eigenvalue weighted by Gasteiger charge is -2.29. The Morgan fingerprint density at radius 3 is 3.17 bits per heavy atom. The molecule has 0 amide bonds. The molecule has 2 aromatic rings. The lowest BCUT2D eigenvalue weighted by Crippen LogP contribution is -2.36. The normalized spacial score (nSPS) is 20.6. The first-order valence-corrected chi connectivity index (χ1v) is 6.13. The molecule has 2 heterocycles. The molecule has 3 rings (SSSR count). The summed E-state index contributed by atoms with van der Waals surface area (Å²) in [6.07, 6.45) is 1.84. The molecule has 1 saturated heterocycles. The van der Waals surface area contributed by atoms with Gasteiger partial charge in [-0.05, 0) is 25.0 Å². The van der Waals surface area contributed by atoms with Crippen LogP contribution in [0.15, 0.2) is 22.6 Å². The van der Waals surface area contributed by atoms with Gasteiger partial charge in [0.1, 0.15) is 11.3 Å². The van der Waals surface area contributed by atoms with Crippen molar-refractivity contribution in [2.45, 2.75) is 12.8 Å². The van der Waals surface area contributed by atoms with Crippen molar-refractivity contribution in [3.05, 3.63) is 24.0 Å². The summed E-state index contributed by atoms with van der Waals surface area (Å²) < 4.78 is 31.3. The highest BCUT2D eigenvalue weighted by atomic mass is 19.1. The minimum atomic E-state index is -0.342. The number of hydrogen-bond donors (Lipinski definition) is 0. The van der Waals surface area contributed by atoms with Crippen LogP contribution in [0, 0.1) is 11.7 Å². The molecule has 0 aliphatic carbocycles. The van der Waals surface area contributed by atoms with Gasteiger partial charge in [-0.25, -0.2) is 4.39 Å². The molecule has 0 radical (unpaired) electrons. The Labute approximate surface area is 103 Å². The summed E-state index contributed by atoms with van der Waals surface area (Å²) in [5.41, 5.74) is 1.07. The van der Waals surface area contributed by atoms with Crippen molar-refractivity contribution in [3.63, 3.8) is 0 Å². The van der Waals surface area contributed by atoms with E-state index in [1.165, 1.54) is 12.1 Å². The number of rotatable bonds is 2.